The Balaban J connectivity index is 1.77. The van der Waals surface area contributed by atoms with Crippen LogP contribution in [0.3, 0.4) is 0 Å². The Morgan fingerprint density at radius 3 is 2.29 bits per heavy atom. The summed E-state index contributed by atoms with van der Waals surface area (Å²) in [6.07, 6.45) is 0.182. The van der Waals surface area contributed by atoms with Crippen LogP contribution in [0.25, 0.3) is 0 Å². The molecule has 0 unspecified atom stereocenters. The molecule has 0 fully saturated rings. The SMILES string of the molecule is CCc1ccc(O[C@@H](C)C(=O)NNC(=O)COc2ccccc2C(C)C)cc1. The van der Waals surface area contributed by atoms with E-state index in [-0.39, 0.29) is 12.5 Å². The van der Waals surface area contributed by atoms with Crippen molar-refractivity contribution in [3.8, 4) is 11.5 Å². The van der Waals surface area contributed by atoms with Crippen LogP contribution in [0.4, 0.5) is 0 Å². The molecule has 28 heavy (non-hydrogen) atoms. The van der Waals surface area contributed by atoms with Gasteiger partial charge < -0.3 is 9.47 Å². The molecule has 0 heterocycles. The second-order valence-corrected chi connectivity index (χ2v) is 6.78. The Bertz CT molecular complexity index is 787. The number of ether oxygens (including phenoxy) is 2. The smallest absolute Gasteiger partial charge is 0.279 e. The quantitative estimate of drug-likeness (QED) is 0.684. The summed E-state index contributed by atoms with van der Waals surface area (Å²) in [6, 6.07) is 15.1. The lowest BCUT2D eigenvalue weighted by atomic mass is 10.0. The van der Waals surface area contributed by atoms with Crippen molar-refractivity contribution in [1.29, 1.82) is 0 Å². The molecule has 2 aromatic carbocycles. The maximum absolute atomic E-state index is 12.1. The van der Waals surface area contributed by atoms with E-state index in [4.69, 9.17) is 9.47 Å². The third-order valence-electron chi connectivity index (χ3n) is 4.24. The van der Waals surface area contributed by atoms with Crippen LogP contribution in [0.1, 0.15) is 44.7 Å². The summed E-state index contributed by atoms with van der Waals surface area (Å²) in [4.78, 5) is 24.1. The highest BCUT2D eigenvalue weighted by Gasteiger charge is 2.16. The summed E-state index contributed by atoms with van der Waals surface area (Å²) in [5.41, 5.74) is 6.91. The second kappa shape index (κ2) is 10.3. The zero-order valence-electron chi connectivity index (χ0n) is 16.8. The molecule has 0 saturated heterocycles. The van der Waals surface area contributed by atoms with E-state index in [9.17, 15) is 9.59 Å². The van der Waals surface area contributed by atoms with Crippen molar-refractivity contribution in [3.63, 3.8) is 0 Å². The molecule has 2 aromatic rings. The van der Waals surface area contributed by atoms with Gasteiger partial charge in [0.15, 0.2) is 12.7 Å². The summed E-state index contributed by atoms with van der Waals surface area (Å²) >= 11 is 0. The standard InChI is InChI=1S/C22H28N2O4/c1-5-17-10-12-18(13-11-17)28-16(4)22(26)24-23-21(25)14-27-20-9-7-6-8-19(20)15(2)3/h6-13,15-16H,5,14H2,1-4H3,(H,23,25)(H,24,26)/t16-/m0/s1. The Hall–Kier alpha value is -3.02. The van der Waals surface area contributed by atoms with E-state index in [1.165, 1.54) is 5.56 Å². The molecule has 150 valence electrons. The van der Waals surface area contributed by atoms with Crippen molar-refractivity contribution in [2.24, 2.45) is 0 Å². The van der Waals surface area contributed by atoms with Crippen LogP contribution in [0.15, 0.2) is 48.5 Å². The first-order valence-electron chi connectivity index (χ1n) is 9.46. The van der Waals surface area contributed by atoms with Crippen LogP contribution in [0.5, 0.6) is 11.5 Å². The number of hydrogen-bond donors (Lipinski definition) is 2. The molecule has 2 N–H and O–H groups in total. The third-order valence-corrected chi connectivity index (χ3v) is 4.24. The Labute approximate surface area is 166 Å². The first-order chi connectivity index (χ1) is 13.4. The van der Waals surface area contributed by atoms with Crippen LogP contribution < -0.4 is 20.3 Å². The van der Waals surface area contributed by atoms with E-state index in [2.05, 4.69) is 31.6 Å². The summed E-state index contributed by atoms with van der Waals surface area (Å²) in [7, 11) is 0. The van der Waals surface area contributed by atoms with Gasteiger partial charge in [-0.25, -0.2) is 0 Å². The highest BCUT2D eigenvalue weighted by Crippen LogP contribution is 2.25. The zero-order chi connectivity index (χ0) is 20.5. The van der Waals surface area contributed by atoms with E-state index >= 15 is 0 Å². The number of hydrazine groups is 1. The molecule has 2 amide bonds. The maximum atomic E-state index is 12.1. The molecule has 2 rings (SSSR count). The first-order valence-corrected chi connectivity index (χ1v) is 9.46. The molecule has 0 saturated carbocycles. The van der Waals surface area contributed by atoms with Crippen LogP contribution in [-0.4, -0.2) is 24.5 Å². The largest absolute Gasteiger partial charge is 0.483 e. The lowest BCUT2D eigenvalue weighted by Gasteiger charge is -2.16. The third kappa shape index (κ3) is 6.30. The van der Waals surface area contributed by atoms with Crippen LogP contribution >= 0.6 is 0 Å². The van der Waals surface area contributed by atoms with Gasteiger partial charge in [-0.2, -0.15) is 0 Å². The molecule has 0 aliphatic heterocycles. The Morgan fingerprint density at radius 1 is 0.964 bits per heavy atom. The van der Waals surface area contributed by atoms with Crippen molar-refractivity contribution < 1.29 is 19.1 Å². The van der Waals surface area contributed by atoms with Gasteiger partial charge in [-0.15, -0.1) is 0 Å². The van der Waals surface area contributed by atoms with Gasteiger partial charge in [-0.1, -0.05) is 51.1 Å². The fourth-order valence-electron chi connectivity index (χ4n) is 2.56. The van der Waals surface area contributed by atoms with Gasteiger partial charge >= 0.3 is 0 Å². The molecule has 0 aliphatic carbocycles. The number of carbonyl (C=O) groups excluding carboxylic acids is 2. The van der Waals surface area contributed by atoms with Crippen LogP contribution in [0.2, 0.25) is 0 Å². The number of nitrogens with one attached hydrogen (secondary N) is 2. The molecule has 6 heteroatoms. The summed E-state index contributed by atoms with van der Waals surface area (Å²) < 4.78 is 11.2. The van der Waals surface area contributed by atoms with E-state index in [1.807, 2.05) is 48.5 Å². The minimum Gasteiger partial charge on any atom is -0.483 e. The van der Waals surface area contributed by atoms with Crippen LogP contribution in [-0.2, 0) is 16.0 Å². The highest BCUT2D eigenvalue weighted by atomic mass is 16.5. The van der Waals surface area contributed by atoms with Crippen molar-refractivity contribution >= 4 is 11.8 Å². The van der Waals surface area contributed by atoms with Gasteiger partial charge in [0, 0.05) is 0 Å². The lowest BCUT2D eigenvalue weighted by molar-refractivity contribution is -0.133. The summed E-state index contributed by atoms with van der Waals surface area (Å²) in [5, 5.41) is 0. The molecular formula is C22H28N2O4. The predicted octanol–water partition coefficient (Wildman–Crippen LogP) is 3.37. The van der Waals surface area contributed by atoms with Crippen molar-refractivity contribution in [3.05, 3.63) is 59.7 Å². The maximum Gasteiger partial charge on any atom is 0.279 e. The molecular weight excluding hydrogens is 356 g/mol. The molecule has 1 atom stereocenters. The molecule has 0 bridgehead atoms. The average molecular weight is 384 g/mol. The fourth-order valence-corrected chi connectivity index (χ4v) is 2.56. The van der Waals surface area contributed by atoms with E-state index < -0.39 is 17.9 Å². The van der Waals surface area contributed by atoms with Crippen molar-refractivity contribution in [2.45, 2.75) is 46.1 Å². The minimum atomic E-state index is -0.754. The van der Waals surface area contributed by atoms with Crippen molar-refractivity contribution in [2.75, 3.05) is 6.61 Å². The van der Waals surface area contributed by atoms with Gasteiger partial charge in [-0.3, -0.25) is 20.4 Å². The van der Waals surface area contributed by atoms with Gasteiger partial charge in [0.2, 0.25) is 0 Å². The number of rotatable bonds is 8. The number of carbonyl (C=O) groups is 2. The van der Waals surface area contributed by atoms with E-state index in [1.54, 1.807) is 6.92 Å². The van der Waals surface area contributed by atoms with Gasteiger partial charge in [0.1, 0.15) is 11.5 Å². The zero-order valence-corrected chi connectivity index (χ0v) is 16.8. The predicted molar refractivity (Wildman–Crippen MR) is 108 cm³/mol. The number of para-hydroxylation sites is 1. The van der Waals surface area contributed by atoms with Gasteiger partial charge in [0.25, 0.3) is 11.8 Å². The van der Waals surface area contributed by atoms with Crippen LogP contribution in [0, 0.1) is 0 Å². The topological polar surface area (TPSA) is 76.7 Å². The molecule has 0 spiro atoms. The minimum absolute atomic E-state index is 0.197. The fraction of sp³-hybridized carbons (Fsp3) is 0.364. The number of hydrogen-bond acceptors (Lipinski definition) is 4. The molecule has 0 aromatic heterocycles. The van der Waals surface area contributed by atoms with Crippen molar-refractivity contribution in [1.82, 2.24) is 10.9 Å². The number of amides is 2. The normalized spacial score (nSPS) is 11.6. The van der Waals surface area contributed by atoms with E-state index in [0.717, 1.165) is 12.0 Å². The monoisotopic (exact) mass is 384 g/mol. The number of benzene rings is 2. The van der Waals surface area contributed by atoms with Gasteiger partial charge in [0.05, 0.1) is 0 Å². The van der Waals surface area contributed by atoms with Gasteiger partial charge in [-0.05, 0) is 48.6 Å². The highest BCUT2D eigenvalue weighted by molar-refractivity contribution is 5.85. The summed E-state index contributed by atoms with van der Waals surface area (Å²) in [6.45, 7) is 7.60. The second-order valence-electron chi connectivity index (χ2n) is 6.78. The molecule has 6 nitrogen and oxygen atoms in total. The average Bonchev–Trinajstić information content (AvgIpc) is 2.71. The number of aryl methyl sites for hydroxylation is 1. The van der Waals surface area contributed by atoms with E-state index in [0.29, 0.717) is 11.5 Å². The lowest BCUT2D eigenvalue weighted by Crippen LogP contribution is -2.48. The Kier molecular flexibility index (Phi) is 7.87. The molecule has 0 radical (unpaired) electrons. The first kappa shape index (κ1) is 21.3. The Morgan fingerprint density at radius 2 is 1.64 bits per heavy atom. The molecule has 0 aliphatic rings. The summed E-state index contributed by atoms with van der Waals surface area (Å²) in [5.74, 6) is 0.635.